The summed E-state index contributed by atoms with van der Waals surface area (Å²) in [7, 11) is 0. The normalized spacial score (nSPS) is 12.5. The second-order valence-corrected chi connectivity index (χ2v) is 17.6. The van der Waals surface area contributed by atoms with E-state index in [4.69, 9.17) is 15.0 Å². The van der Waals surface area contributed by atoms with Crippen molar-refractivity contribution in [2.24, 2.45) is 0 Å². The molecule has 4 heteroatoms. The molecule has 0 bridgehead atoms. The summed E-state index contributed by atoms with van der Waals surface area (Å²) in [5.74, 6) is 1.79. The number of fused-ring (bicyclic) bond motifs is 7. The molecule has 0 unspecified atom stereocenters. The second kappa shape index (κ2) is 16.3. The van der Waals surface area contributed by atoms with Gasteiger partial charge in [-0.1, -0.05) is 222 Å². The van der Waals surface area contributed by atoms with E-state index in [1.165, 1.54) is 45.2 Å². The molecule has 9 aromatic carbocycles. The molecule has 65 heavy (non-hydrogen) atoms. The molecule has 2 heterocycles. The van der Waals surface area contributed by atoms with Crippen molar-refractivity contribution in [1.82, 2.24) is 19.5 Å². The van der Waals surface area contributed by atoms with Gasteiger partial charge in [-0.2, -0.15) is 9.97 Å². The number of aromatic nitrogens is 4. The number of hydrogen-bond donors (Lipinski definition) is 0. The van der Waals surface area contributed by atoms with Gasteiger partial charge in [-0.3, -0.25) is 4.57 Å². The van der Waals surface area contributed by atoms with Gasteiger partial charge in [0, 0.05) is 32.9 Å². The van der Waals surface area contributed by atoms with E-state index in [1.807, 2.05) is 12.1 Å². The maximum Gasteiger partial charge on any atom is 0.238 e. The smallest absolute Gasteiger partial charge is 0.238 e. The molecule has 2 aromatic heterocycles. The lowest BCUT2D eigenvalue weighted by molar-refractivity contribution is 0.660. The Bertz CT molecular complexity index is 3430. The van der Waals surface area contributed by atoms with Gasteiger partial charge in [0.2, 0.25) is 5.95 Å². The van der Waals surface area contributed by atoms with Crippen molar-refractivity contribution in [3.8, 4) is 73.2 Å². The van der Waals surface area contributed by atoms with E-state index in [2.05, 4.69) is 226 Å². The second-order valence-electron chi connectivity index (χ2n) is 17.6. The third-order valence-electron chi connectivity index (χ3n) is 12.9. The van der Waals surface area contributed by atoms with Crippen LogP contribution in [-0.4, -0.2) is 19.5 Å². The zero-order valence-electron chi connectivity index (χ0n) is 37.1. The number of benzene rings is 9. The van der Waals surface area contributed by atoms with Gasteiger partial charge in [0.25, 0.3) is 0 Å². The highest BCUT2D eigenvalue weighted by atomic mass is 15.2. The summed E-state index contributed by atoms with van der Waals surface area (Å²) in [6, 6.07) is 73.8. The fraction of sp³-hybridized carbons (Fsp3) is 0.0984. The third-order valence-corrected chi connectivity index (χ3v) is 12.9. The Balaban J connectivity index is 0.00000152. The average molecular weight is 837 g/mol. The lowest BCUT2D eigenvalue weighted by Gasteiger charge is -2.21. The zero-order valence-corrected chi connectivity index (χ0v) is 37.1. The monoisotopic (exact) mass is 836 g/mol. The largest absolute Gasteiger partial charge is 0.277 e. The van der Waals surface area contributed by atoms with E-state index in [0.717, 1.165) is 60.6 Å². The van der Waals surface area contributed by atoms with Gasteiger partial charge < -0.3 is 0 Å². The lowest BCUT2D eigenvalue weighted by atomic mass is 9.82. The molecule has 0 saturated heterocycles. The van der Waals surface area contributed by atoms with Crippen molar-refractivity contribution in [2.45, 2.75) is 39.5 Å². The molecule has 0 N–H and O–H groups in total. The SMILES string of the molecule is CC1(C)c2ccccc2-c2cc(-c3cccc4c5cc6ccccc6cc5n(-c5nc(-c6ccc(-c7ccccc7)cc6)nc(-c6ccc(-c7ccccc7)cc6)n5)c34)ccc21.CCC. The maximum atomic E-state index is 5.40. The number of nitrogens with zero attached hydrogens (tertiary/aromatic N) is 4. The van der Waals surface area contributed by atoms with Crippen molar-refractivity contribution in [3.05, 3.63) is 217 Å². The molecule has 312 valence electrons. The summed E-state index contributed by atoms with van der Waals surface area (Å²) in [6.07, 6.45) is 1.25. The minimum absolute atomic E-state index is 0.0816. The van der Waals surface area contributed by atoms with Crippen LogP contribution in [0.25, 0.3) is 106 Å². The fourth-order valence-corrected chi connectivity index (χ4v) is 9.69. The predicted octanol–water partition coefficient (Wildman–Crippen LogP) is 16.2. The van der Waals surface area contributed by atoms with Gasteiger partial charge in [0.05, 0.1) is 11.0 Å². The zero-order chi connectivity index (χ0) is 44.1. The fourth-order valence-electron chi connectivity index (χ4n) is 9.69. The summed E-state index contributed by atoms with van der Waals surface area (Å²) in [5, 5.41) is 4.64. The van der Waals surface area contributed by atoms with E-state index < -0.39 is 0 Å². The van der Waals surface area contributed by atoms with Crippen molar-refractivity contribution in [3.63, 3.8) is 0 Å². The Morgan fingerprint density at radius 1 is 0.385 bits per heavy atom. The molecule has 0 spiro atoms. The molecular weight excluding hydrogens is 789 g/mol. The van der Waals surface area contributed by atoms with Crippen molar-refractivity contribution >= 4 is 32.6 Å². The third kappa shape index (κ3) is 6.99. The Hall–Kier alpha value is -7.95. The van der Waals surface area contributed by atoms with Crippen molar-refractivity contribution in [1.29, 1.82) is 0 Å². The van der Waals surface area contributed by atoms with Crippen LogP contribution in [0.2, 0.25) is 0 Å². The standard InChI is InChI=1S/C58H40N4.C3H8/c1-58(2)51-23-12-11-20-47(51)49-35-45(32-33-52(49)58)46-21-13-22-48-50-34-43-18-9-10-19-44(43)36-53(50)62(54(46)48)57-60-55(41-28-24-39(25-29-41)37-14-5-3-6-15-37)59-56(61-57)42-30-26-40(27-31-42)38-16-7-4-8-17-38;1-3-2/h3-36H,1-2H3;3H2,1-2H3. The van der Waals surface area contributed by atoms with Gasteiger partial charge in [-0.05, 0) is 79.0 Å². The Kier molecular flexibility index (Phi) is 10.0. The maximum absolute atomic E-state index is 5.40. The topological polar surface area (TPSA) is 43.6 Å². The Labute approximate surface area is 380 Å². The predicted molar refractivity (Wildman–Crippen MR) is 272 cm³/mol. The summed E-state index contributed by atoms with van der Waals surface area (Å²) >= 11 is 0. The van der Waals surface area contributed by atoms with Crippen LogP contribution >= 0.6 is 0 Å². The summed E-state index contributed by atoms with van der Waals surface area (Å²) in [5.41, 5.74) is 16.0. The lowest BCUT2D eigenvalue weighted by Crippen LogP contribution is -2.14. The summed E-state index contributed by atoms with van der Waals surface area (Å²) in [4.78, 5) is 16.0. The first-order chi connectivity index (χ1) is 31.9. The number of hydrogen-bond acceptors (Lipinski definition) is 3. The van der Waals surface area contributed by atoms with Gasteiger partial charge in [-0.15, -0.1) is 0 Å². The van der Waals surface area contributed by atoms with Gasteiger partial charge in [0.15, 0.2) is 11.6 Å². The minimum Gasteiger partial charge on any atom is -0.277 e. The molecule has 0 fully saturated rings. The molecular formula is C61H48N4. The molecule has 1 aliphatic carbocycles. The molecule has 0 saturated carbocycles. The Morgan fingerprint density at radius 2 is 0.862 bits per heavy atom. The van der Waals surface area contributed by atoms with Crippen LogP contribution in [-0.2, 0) is 5.41 Å². The van der Waals surface area contributed by atoms with E-state index in [1.54, 1.807) is 0 Å². The van der Waals surface area contributed by atoms with Crippen LogP contribution in [0.4, 0.5) is 0 Å². The van der Waals surface area contributed by atoms with Gasteiger partial charge in [0.1, 0.15) is 0 Å². The van der Waals surface area contributed by atoms with E-state index >= 15 is 0 Å². The van der Waals surface area contributed by atoms with E-state index in [0.29, 0.717) is 17.6 Å². The van der Waals surface area contributed by atoms with Gasteiger partial charge in [-0.25, -0.2) is 4.98 Å². The summed E-state index contributed by atoms with van der Waals surface area (Å²) < 4.78 is 2.28. The highest BCUT2D eigenvalue weighted by Gasteiger charge is 2.35. The minimum atomic E-state index is -0.0816. The first-order valence-electron chi connectivity index (χ1n) is 22.7. The Morgan fingerprint density at radius 3 is 1.48 bits per heavy atom. The molecule has 0 atom stereocenters. The first-order valence-corrected chi connectivity index (χ1v) is 22.7. The molecule has 0 radical (unpaired) electrons. The molecule has 1 aliphatic rings. The van der Waals surface area contributed by atoms with Crippen molar-refractivity contribution < 1.29 is 0 Å². The molecule has 12 rings (SSSR count). The first kappa shape index (κ1) is 39.9. The molecule has 0 amide bonds. The van der Waals surface area contributed by atoms with Gasteiger partial charge >= 0.3 is 0 Å². The quantitative estimate of drug-likeness (QED) is 0.168. The van der Waals surface area contributed by atoms with Crippen molar-refractivity contribution in [2.75, 3.05) is 0 Å². The van der Waals surface area contributed by atoms with Crippen LogP contribution in [0, 0.1) is 0 Å². The van der Waals surface area contributed by atoms with E-state index in [9.17, 15) is 0 Å². The molecule has 11 aromatic rings. The number of para-hydroxylation sites is 1. The van der Waals surface area contributed by atoms with E-state index in [-0.39, 0.29) is 5.41 Å². The van der Waals surface area contributed by atoms with Crippen LogP contribution < -0.4 is 0 Å². The van der Waals surface area contributed by atoms with Crippen LogP contribution in [0.1, 0.15) is 45.2 Å². The molecule has 0 aliphatic heterocycles. The highest BCUT2D eigenvalue weighted by molar-refractivity contribution is 6.17. The van der Waals surface area contributed by atoms with Crippen LogP contribution in [0.5, 0.6) is 0 Å². The number of rotatable bonds is 6. The summed E-state index contributed by atoms with van der Waals surface area (Å²) in [6.45, 7) is 8.92. The van der Waals surface area contributed by atoms with Crippen LogP contribution in [0.15, 0.2) is 206 Å². The highest BCUT2D eigenvalue weighted by Crippen LogP contribution is 2.50. The molecule has 4 nitrogen and oxygen atoms in total. The van der Waals surface area contributed by atoms with Crippen LogP contribution in [0.3, 0.4) is 0 Å². The average Bonchev–Trinajstić information content (AvgIpc) is 3.81.